The summed E-state index contributed by atoms with van der Waals surface area (Å²) < 4.78 is 5.10. The third-order valence-electron chi connectivity index (χ3n) is 4.03. The van der Waals surface area contributed by atoms with Crippen molar-refractivity contribution in [2.45, 2.75) is 12.5 Å². The van der Waals surface area contributed by atoms with Gasteiger partial charge in [-0.25, -0.2) is 4.79 Å². The first kappa shape index (κ1) is 16.5. The van der Waals surface area contributed by atoms with Crippen LogP contribution in [0.3, 0.4) is 0 Å². The van der Waals surface area contributed by atoms with Crippen LogP contribution < -0.4 is 10.1 Å². The summed E-state index contributed by atoms with van der Waals surface area (Å²) in [7, 11) is 1.55. The van der Waals surface area contributed by atoms with Crippen LogP contribution in [0, 0.1) is 0 Å². The van der Waals surface area contributed by atoms with Crippen LogP contribution in [0.5, 0.6) is 11.5 Å². The van der Waals surface area contributed by atoms with Gasteiger partial charge in [-0.3, -0.25) is 4.79 Å². The van der Waals surface area contributed by atoms with E-state index in [1.807, 2.05) is 0 Å². The zero-order valence-electron chi connectivity index (χ0n) is 13.8. The number of imide groups is 1. The van der Waals surface area contributed by atoms with Crippen molar-refractivity contribution in [3.63, 3.8) is 0 Å². The fourth-order valence-corrected chi connectivity index (χ4v) is 2.58. The van der Waals surface area contributed by atoms with Crippen molar-refractivity contribution >= 4 is 18.2 Å². The second kappa shape index (κ2) is 6.27. The first-order chi connectivity index (χ1) is 11.9. The Morgan fingerprint density at radius 2 is 1.92 bits per heavy atom. The summed E-state index contributed by atoms with van der Waals surface area (Å²) in [4.78, 5) is 24.9. The summed E-state index contributed by atoms with van der Waals surface area (Å²) in [6, 6.07) is 12.6. The van der Waals surface area contributed by atoms with Gasteiger partial charge in [0.15, 0.2) is 0 Å². The Hall–Kier alpha value is -3.35. The van der Waals surface area contributed by atoms with Gasteiger partial charge >= 0.3 is 6.03 Å². The van der Waals surface area contributed by atoms with E-state index in [4.69, 9.17) is 4.74 Å². The van der Waals surface area contributed by atoms with Gasteiger partial charge in [0.25, 0.3) is 5.91 Å². The number of hydrogen-bond acceptors (Lipinski definition) is 5. The minimum atomic E-state index is -1.21. The molecule has 1 atom stereocenters. The number of methoxy groups -OCH3 is 1. The Labute approximate surface area is 144 Å². The molecular formula is C18H17N3O4. The maximum atomic E-state index is 12.7. The van der Waals surface area contributed by atoms with E-state index in [0.717, 1.165) is 5.01 Å². The molecule has 25 heavy (non-hydrogen) atoms. The number of carbonyl (C=O) groups is 2. The Balaban J connectivity index is 1.86. The number of benzene rings is 2. The lowest BCUT2D eigenvalue weighted by molar-refractivity contribution is -0.131. The number of carbonyl (C=O) groups excluding carboxylic acids is 2. The van der Waals surface area contributed by atoms with E-state index in [0.29, 0.717) is 16.9 Å². The molecule has 3 amide bonds. The largest absolute Gasteiger partial charge is 0.508 e. The van der Waals surface area contributed by atoms with Gasteiger partial charge in [-0.05, 0) is 42.3 Å². The van der Waals surface area contributed by atoms with Crippen LogP contribution >= 0.6 is 0 Å². The van der Waals surface area contributed by atoms with Crippen LogP contribution in [-0.2, 0) is 10.3 Å². The Bertz CT molecular complexity index is 848. The second-order valence-corrected chi connectivity index (χ2v) is 5.74. The Kier molecular flexibility index (Phi) is 4.14. The lowest BCUT2D eigenvalue weighted by atomic mass is 9.92. The number of nitrogens with zero attached hydrogens (tertiary/aromatic N) is 2. The van der Waals surface area contributed by atoms with Crippen molar-refractivity contribution < 1.29 is 19.4 Å². The van der Waals surface area contributed by atoms with Crippen LogP contribution in [0.25, 0.3) is 0 Å². The molecule has 0 aromatic heterocycles. The minimum Gasteiger partial charge on any atom is -0.508 e. The van der Waals surface area contributed by atoms with Gasteiger partial charge in [0, 0.05) is 0 Å². The predicted molar refractivity (Wildman–Crippen MR) is 91.4 cm³/mol. The van der Waals surface area contributed by atoms with Gasteiger partial charge < -0.3 is 15.2 Å². The van der Waals surface area contributed by atoms with Gasteiger partial charge in [0.05, 0.1) is 13.3 Å². The number of hydrogen-bond donors (Lipinski definition) is 2. The summed E-state index contributed by atoms with van der Waals surface area (Å²) in [6.07, 6.45) is 1.34. The van der Waals surface area contributed by atoms with E-state index in [2.05, 4.69) is 10.4 Å². The number of urea groups is 1. The molecule has 128 valence electrons. The number of ether oxygens (including phenoxy) is 1. The number of hydrazone groups is 1. The van der Waals surface area contributed by atoms with Crippen LogP contribution in [0.1, 0.15) is 18.1 Å². The van der Waals surface area contributed by atoms with Crippen LogP contribution in [0.15, 0.2) is 53.6 Å². The zero-order chi connectivity index (χ0) is 18.0. The van der Waals surface area contributed by atoms with E-state index >= 15 is 0 Å². The highest BCUT2D eigenvalue weighted by molar-refractivity contribution is 6.07. The predicted octanol–water partition coefficient (Wildman–Crippen LogP) is 2.20. The highest BCUT2D eigenvalue weighted by atomic mass is 16.5. The Morgan fingerprint density at radius 1 is 1.20 bits per heavy atom. The van der Waals surface area contributed by atoms with Gasteiger partial charge in [0.2, 0.25) is 0 Å². The van der Waals surface area contributed by atoms with Crippen LogP contribution in [0.2, 0.25) is 0 Å². The molecule has 1 aliphatic heterocycles. The zero-order valence-corrected chi connectivity index (χ0v) is 13.8. The van der Waals surface area contributed by atoms with Crippen molar-refractivity contribution in [1.82, 2.24) is 10.3 Å². The topological polar surface area (TPSA) is 91.2 Å². The number of rotatable bonds is 4. The molecule has 0 bridgehead atoms. The number of phenols is 1. The van der Waals surface area contributed by atoms with E-state index in [9.17, 15) is 14.7 Å². The number of amides is 3. The fraction of sp³-hybridized carbons (Fsp3) is 0.167. The fourth-order valence-electron chi connectivity index (χ4n) is 2.58. The molecule has 1 unspecified atom stereocenters. The van der Waals surface area contributed by atoms with Gasteiger partial charge in [0.1, 0.15) is 17.0 Å². The highest BCUT2D eigenvalue weighted by Crippen LogP contribution is 2.30. The van der Waals surface area contributed by atoms with Crippen molar-refractivity contribution in [3.05, 3.63) is 59.7 Å². The van der Waals surface area contributed by atoms with E-state index in [1.165, 1.54) is 18.3 Å². The van der Waals surface area contributed by atoms with Crippen LogP contribution in [-0.4, -0.2) is 35.4 Å². The average molecular weight is 339 g/mol. The molecule has 7 nitrogen and oxygen atoms in total. The molecule has 1 heterocycles. The first-order valence-corrected chi connectivity index (χ1v) is 7.58. The Morgan fingerprint density at radius 3 is 2.56 bits per heavy atom. The summed E-state index contributed by atoms with van der Waals surface area (Å²) in [6.45, 7) is 1.62. The molecule has 1 aliphatic rings. The molecule has 1 saturated heterocycles. The lowest BCUT2D eigenvalue weighted by Gasteiger charge is -2.21. The normalized spacial score (nSPS) is 20.2. The van der Waals surface area contributed by atoms with E-state index < -0.39 is 17.5 Å². The van der Waals surface area contributed by atoms with E-state index in [1.54, 1.807) is 50.4 Å². The monoisotopic (exact) mass is 339 g/mol. The number of aromatic hydroxyl groups is 1. The van der Waals surface area contributed by atoms with Crippen molar-refractivity contribution in [2.24, 2.45) is 5.10 Å². The molecule has 2 aromatic rings. The maximum absolute atomic E-state index is 12.7. The SMILES string of the molecule is COc1ccc(C2(C)NC(=O)N(/N=C/c3cccc(O)c3)C2=O)cc1. The van der Waals surface area contributed by atoms with Crippen molar-refractivity contribution in [2.75, 3.05) is 7.11 Å². The molecule has 0 aliphatic carbocycles. The summed E-state index contributed by atoms with van der Waals surface area (Å²) in [5.41, 5.74) is -0.0140. The molecule has 0 saturated carbocycles. The van der Waals surface area contributed by atoms with Crippen LogP contribution in [0.4, 0.5) is 4.79 Å². The smallest absolute Gasteiger partial charge is 0.346 e. The lowest BCUT2D eigenvalue weighted by Crippen LogP contribution is -2.40. The third kappa shape index (κ3) is 3.03. The third-order valence-corrected chi connectivity index (χ3v) is 4.03. The molecule has 1 fully saturated rings. The molecular weight excluding hydrogens is 322 g/mol. The quantitative estimate of drug-likeness (QED) is 0.660. The van der Waals surface area contributed by atoms with Gasteiger partial charge in [-0.15, -0.1) is 5.01 Å². The standard InChI is InChI=1S/C18H17N3O4/c1-18(13-6-8-15(25-2)9-7-13)16(23)21(17(24)20-18)19-11-12-4-3-5-14(22)10-12/h3-11,22H,1-2H3,(H,20,24)/b19-11+. The summed E-state index contributed by atoms with van der Waals surface area (Å²) in [5, 5.41) is 16.9. The maximum Gasteiger partial charge on any atom is 0.346 e. The first-order valence-electron chi connectivity index (χ1n) is 7.58. The molecule has 3 rings (SSSR count). The molecule has 2 aromatic carbocycles. The second-order valence-electron chi connectivity index (χ2n) is 5.74. The number of phenolic OH excluding ortho intramolecular Hbond substituents is 1. The molecule has 0 radical (unpaired) electrons. The minimum absolute atomic E-state index is 0.0734. The van der Waals surface area contributed by atoms with Gasteiger partial charge in [-0.1, -0.05) is 24.3 Å². The van der Waals surface area contributed by atoms with E-state index in [-0.39, 0.29) is 5.75 Å². The van der Waals surface area contributed by atoms with Crippen molar-refractivity contribution in [3.8, 4) is 11.5 Å². The summed E-state index contributed by atoms with van der Waals surface area (Å²) in [5.74, 6) is 0.242. The highest BCUT2D eigenvalue weighted by Gasteiger charge is 2.49. The summed E-state index contributed by atoms with van der Waals surface area (Å²) >= 11 is 0. The van der Waals surface area contributed by atoms with Gasteiger partial charge in [-0.2, -0.15) is 5.10 Å². The van der Waals surface area contributed by atoms with Crippen molar-refractivity contribution in [1.29, 1.82) is 0 Å². The average Bonchev–Trinajstić information content (AvgIpc) is 2.83. The molecule has 0 spiro atoms. The molecule has 7 heteroatoms. The molecule has 2 N–H and O–H groups in total. The number of nitrogens with one attached hydrogen (secondary N) is 1.